The van der Waals surface area contributed by atoms with E-state index in [9.17, 15) is 9.90 Å². The van der Waals surface area contributed by atoms with Gasteiger partial charge in [-0.25, -0.2) is 0 Å². The number of aliphatic hydroxyl groups excluding tert-OH is 1. The average molecular weight is 213 g/mol. The fourth-order valence-corrected chi connectivity index (χ4v) is 2.59. The molecule has 2 rings (SSSR count). The number of carbonyl (C=O) groups is 1. The van der Waals surface area contributed by atoms with Crippen LogP contribution in [0.25, 0.3) is 0 Å². The smallest absolute Gasteiger partial charge is 0.320 e. The van der Waals surface area contributed by atoms with Crippen molar-refractivity contribution in [3.05, 3.63) is 0 Å². The Balaban J connectivity index is 1.97. The molecule has 2 aliphatic rings. The third kappa shape index (κ3) is 2.49. The second kappa shape index (κ2) is 4.49. The van der Waals surface area contributed by atoms with E-state index in [2.05, 4.69) is 11.8 Å². The zero-order chi connectivity index (χ0) is 10.8. The molecular weight excluding hydrogens is 194 g/mol. The first-order chi connectivity index (χ1) is 7.16. The number of carbonyl (C=O) groups excluding carboxylic acids is 1. The summed E-state index contributed by atoms with van der Waals surface area (Å²) in [5.74, 6) is -0.131. The Morgan fingerprint density at radius 1 is 1.47 bits per heavy atom. The second-order valence-corrected chi connectivity index (χ2v) is 4.68. The zero-order valence-electron chi connectivity index (χ0n) is 9.19. The molecule has 0 spiro atoms. The fraction of sp³-hybridized carbons (Fsp3) is 0.909. The lowest BCUT2D eigenvalue weighted by atomic mass is 9.91. The van der Waals surface area contributed by atoms with Crippen molar-refractivity contribution in [1.29, 1.82) is 0 Å². The molecule has 2 fully saturated rings. The number of morpholine rings is 1. The molecule has 4 heteroatoms. The number of ether oxygens (including phenoxy) is 1. The standard InChI is InChI=1S/C11H19NO3/c1-8-7-15-11(14)6-12(8)9-3-2-4-10(13)5-9/h8-10,13H,2-7H2,1H3. The van der Waals surface area contributed by atoms with Gasteiger partial charge < -0.3 is 9.84 Å². The van der Waals surface area contributed by atoms with Crippen molar-refractivity contribution in [2.45, 2.75) is 50.8 Å². The number of hydrogen-bond donors (Lipinski definition) is 1. The second-order valence-electron chi connectivity index (χ2n) is 4.68. The van der Waals surface area contributed by atoms with Crippen LogP contribution in [0.5, 0.6) is 0 Å². The lowest BCUT2D eigenvalue weighted by Crippen LogP contribution is -2.52. The lowest BCUT2D eigenvalue weighted by Gasteiger charge is -2.41. The molecule has 15 heavy (non-hydrogen) atoms. The first-order valence-corrected chi connectivity index (χ1v) is 5.76. The highest BCUT2D eigenvalue weighted by Gasteiger charge is 2.33. The van der Waals surface area contributed by atoms with Crippen LogP contribution in [0.1, 0.15) is 32.6 Å². The van der Waals surface area contributed by atoms with Gasteiger partial charge in [-0.15, -0.1) is 0 Å². The summed E-state index contributed by atoms with van der Waals surface area (Å²) in [5, 5.41) is 9.62. The van der Waals surface area contributed by atoms with Crippen LogP contribution in [0.4, 0.5) is 0 Å². The maximum absolute atomic E-state index is 11.2. The van der Waals surface area contributed by atoms with Crippen molar-refractivity contribution in [1.82, 2.24) is 4.90 Å². The first kappa shape index (κ1) is 10.9. The van der Waals surface area contributed by atoms with Crippen molar-refractivity contribution in [2.75, 3.05) is 13.2 Å². The number of cyclic esters (lactones) is 1. The molecule has 0 amide bonds. The minimum Gasteiger partial charge on any atom is -0.463 e. The van der Waals surface area contributed by atoms with Gasteiger partial charge in [0.25, 0.3) is 0 Å². The van der Waals surface area contributed by atoms with Crippen LogP contribution in [-0.4, -0.2) is 47.3 Å². The van der Waals surface area contributed by atoms with E-state index in [1.807, 2.05) is 0 Å². The predicted octanol–water partition coefficient (Wildman–Crippen LogP) is 0.537. The summed E-state index contributed by atoms with van der Waals surface area (Å²) in [4.78, 5) is 13.4. The van der Waals surface area contributed by atoms with E-state index >= 15 is 0 Å². The lowest BCUT2D eigenvalue weighted by molar-refractivity contribution is -0.157. The van der Waals surface area contributed by atoms with E-state index in [0.717, 1.165) is 25.7 Å². The minimum absolute atomic E-state index is 0.131. The van der Waals surface area contributed by atoms with Crippen LogP contribution >= 0.6 is 0 Å². The summed E-state index contributed by atoms with van der Waals surface area (Å²) in [6, 6.07) is 0.648. The highest BCUT2D eigenvalue weighted by Crippen LogP contribution is 2.25. The molecule has 0 aromatic carbocycles. The van der Waals surface area contributed by atoms with E-state index in [1.54, 1.807) is 0 Å². The molecule has 1 N–H and O–H groups in total. The van der Waals surface area contributed by atoms with E-state index in [4.69, 9.17) is 4.74 Å². The number of aliphatic hydroxyl groups is 1. The van der Waals surface area contributed by atoms with E-state index < -0.39 is 0 Å². The third-order valence-electron chi connectivity index (χ3n) is 3.45. The Hall–Kier alpha value is -0.610. The van der Waals surface area contributed by atoms with Gasteiger partial charge in [-0.1, -0.05) is 0 Å². The molecule has 1 aliphatic carbocycles. The maximum Gasteiger partial charge on any atom is 0.320 e. The largest absolute Gasteiger partial charge is 0.463 e. The summed E-state index contributed by atoms with van der Waals surface area (Å²) < 4.78 is 4.99. The highest BCUT2D eigenvalue weighted by atomic mass is 16.5. The van der Waals surface area contributed by atoms with Crippen LogP contribution in [0.15, 0.2) is 0 Å². The van der Waals surface area contributed by atoms with Crippen LogP contribution in [0.2, 0.25) is 0 Å². The van der Waals surface area contributed by atoms with Gasteiger partial charge in [0.05, 0.1) is 12.6 Å². The molecule has 0 aromatic rings. The molecule has 0 bridgehead atoms. The third-order valence-corrected chi connectivity index (χ3v) is 3.45. The number of hydrogen-bond acceptors (Lipinski definition) is 4. The van der Waals surface area contributed by atoms with Crippen LogP contribution < -0.4 is 0 Å². The molecule has 1 saturated carbocycles. The monoisotopic (exact) mass is 213 g/mol. The van der Waals surface area contributed by atoms with Crippen LogP contribution in [0, 0.1) is 0 Å². The number of nitrogens with zero attached hydrogens (tertiary/aromatic N) is 1. The Bertz CT molecular complexity index is 244. The summed E-state index contributed by atoms with van der Waals surface area (Å²) in [6.45, 7) is 2.96. The fourth-order valence-electron chi connectivity index (χ4n) is 2.59. The Kier molecular flexibility index (Phi) is 3.26. The SMILES string of the molecule is CC1COC(=O)CN1C1CCCC(O)C1. The summed E-state index contributed by atoms with van der Waals surface area (Å²) in [6.07, 6.45) is 3.67. The van der Waals surface area contributed by atoms with Gasteiger partial charge in [0, 0.05) is 12.1 Å². The van der Waals surface area contributed by atoms with E-state index in [0.29, 0.717) is 19.2 Å². The zero-order valence-corrected chi connectivity index (χ0v) is 9.19. The van der Waals surface area contributed by atoms with Gasteiger partial charge >= 0.3 is 5.97 Å². The molecule has 0 aromatic heterocycles. The van der Waals surface area contributed by atoms with E-state index in [1.165, 1.54) is 0 Å². The molecule has 1 saturated heterocycles. The van der Waals surface area contributed by atoms with Gasteiger partial charge in [0.1, 0.15) is 6.61 Å². The molecular formula is C11H19NO3. The van der Waals surface area contributed by atoms with Gasteiger partial charge in [0.15, 0.2) is 0 Å². The topological polar surface area (TPSA) is 49.8 Å². The number of esters is 1. The van der Waals surface area contributed by atoms with Crippen molar-refractivity contribution >= 4 is 5.97 Å². The average Bonchev–Trinajstić information content (AvgIpc) is 2.22. The quantitative estimate of drug-likeness (QED) is 0.646. The van der Waals surface area contributed by atoms with Crippen molar-refractivity contribution < 1.29 is 14.6 Å². The molecule has 3 unspecified atom stereocenters. The molecule has 86 valence electrons. The number of rotatable bonds is 1. The molecule has 3 atom stereocenters. The van der Waals surface area contributed by atoms with Crippen LogP contribution in [-0.2, 0) is 9.53 Å². The van der Waals surface area contributed by atoms with Crippen molar-refractivity contribution in [3.8, 4) is 0 Å². The predicted molar refractivity (Wildman–Crippen MR) is 55.4 cm³/mol. The van der Waals surface area contributed by atoms with Gasteiger partial charge in [-0.2, -0.15) is 0 Å². The van der Waals surface area contributed by atoms with Gasteiger partial charge in [-0.05, 0) is 32.6 Å². The Morgan fingerprint density at radius 3 is 3.00 bits per heavy atom. The molecule has 1 heterocycles. The summed E-state index contributed by atoms with van der Waals surface area (Å²) in [7, 11) is 0. The first-order valence-electron chi connectivity index (χ1n) is 5.76. The van der Waals surface area contributed by atoms with Crippen LogP contribution in [0.3, 0.4) is 0 Å². The maximum atomic E-state index is 11.2. The minimum atomic E-state index is -0.186. The Labute approximate surface area is 90.2 Å². The highest BCUT2D eigenvalue weighted by molar-refractivity contribution is 5.72. The Morgan fingerprint density at radius 2 is 2.27 bits per heavy atom. The van der Waals surface area contributed by atoms with Crippen molar-refractivity contribution in [3.63, 3.8) is 0 Å². The summed E-state index contributed by atoms with van der Waals surface area (Å²) in [5.41, 5.74) is 0. The molecule has 1 aliphatic heterocycles. The van der Waals surface area contributed by atoms with E-state index in [-0.39, 0.29) is 18.1 Å². The summed E-state index contributed by atoms with van der Waals surface area (Å²) >= 11 is 0. The molecule has 4 nitrogen and oxygen atoms in total. The molecule has 0 radical (unpaired) electrons. The van der Waals surface area contributed by atoms with Gasteiger partial charge in [0.2, 0.25) is 0 Å². The normalized spacial score (nSPS) is 38.8. The van der Waals surface area contributed by atoms with Gasteiger partial charge in [-0.3, -0.25) is 9.69 Å². The van der Waals surface area contributed by atoms with Crippen molar-refractivity contribution in [2.24, 2.45) is 0 Å².